The lowest BCUT2D eigenvalue weighted by Gasteiger charge is -2.48. The molecular weight excluding hydrogens is 388 g/mol. The second-order valence-corrected chi connectivity index (χ2v) is 10.7. The molecule has 2 aromatic rings. The largest absolute Gasteiger partial charge is 0.377 e. The lowest BCUT2D eigenvalue weighted by molar-refractivity contribution is 0.401. The SMILES string of the molecule is CC1(C)CCN2CCC(C)(C)c3cc(C=NN=C(N)SCc4ccccc4)cc1c32. The van der Waals surface area contributed by atoms with Gasteiger partial charge in [0, 0.05) is 24.5 Å². The lowest BCUT2D eigenvalue weighted by atomic mass is 9.69. The Labute approximate surface area is 184 Å². The van der Waals surface area contributed by atoms with Gasteiger partial charge in [0.25, 0.3) is 0 Å². The molecule has 0 bridgehead atoms. The van der Waals surface area contributed by atoms with E-state index in [1.54, 1.807) is 0 Å². The molecular formula is C25H32N4S. The normalized spacial score (nSPS) is 19.7. The highest BCUT2D eigenvalue weighted by atomic mass is 32.2. The van der Waals surface area contributed by atoms with Crippen molar-refractivity contribution < 1.29 is 0 Å². The predicted octanol–water partition coefficient (Wildman–Crippen LogP) is 5.44. The van der Waals surface area contributed by atoms with Gasteiger partial charge < -0.3 is 10.6 Å². The van der Waals surface area contributed by atoms with Crippen molar-refractivity contribution in [1.82, 2.24) is 0 Å². The molecule has 0 radical (unpaired) electrons. The van der Waals surface area contributed by atoms with E-state index in [1.165, 1.54) is 47.0 Å². The van der Waals surface area contributed by atoms with Gasteiger partial charge in [0.15, 0.2) is 5.17 Å². The zero-order chi connectivity index (χ0) is 21.4. The van der Waals surface area contributed by atoms with Gasteiger partial charge in [-0.2, -0.15) is 5.10 Å². The van der Waals surface area contributed by atoms with Gasteiger partial charge in [-0.05, 0) is 58.1 Å². The van der Waals surface area contributed by atoms with Crippen LogP contribution in [-0.4, -0.2) is 24.5 Å². The van der Waals surface area contributed by atoms with Crippen molar-refractivity contribution in [3.63, 3.8) is 0 Å². The van der Waals surface area contributed by atoms with Crippen molar-refractivity contribution >= 4 is 28.8 Å². The molecule has 5 heteroatoms. The van der Waals surface area contributed by atoms with Gasteiger partial charge in [0.05, 0.1) is 6.21 Å². The highest BCUT2D eigenvalue weighted by Gasteiger charge is 2.39. The maximum Gasteiger partial charge on any atom is 0.180 e. The number of nitrogens with two attached hydrogens (primary N) is 1. The number of nitrogens with zero attached hydrogens (tertiary/aromatic N) is 3. The Kier molecular flexibility index (Phi) is 5.67. The fourth-order valence-electron chi connectivity index (χ4n) is 4.45. The third-order valence-electron chi connectivity index (χ3n) is 6.51. The number of hydrogen-bond donors (Lipinski definition) is 1. The molecule has 4 nitrogen and oxygen atoms in total. The molecule has 0 spiro atoms. The summed E-state index contributed by atoms with van der Waals surface area (Å²) in [6, 6.07) is 14.9. The van der Waals surface area contributed by atoms with Crippen molar-refractivity contribution in [1.29, 1.82) is 0 Å². The first-order valence-electron chi connectivity index (χ1n) is 10.7. The molecule has 0 unspecified atom stereocenters. The number of amidine groups is 1. The van der Waals surface area contributed by atoms with Gasteiger partial charge in [0.2, 0.25) is 0 Å². The van der Waals surface area contributed by atoms with Crippen LogP contribution in [0.1, 0.15) is 62.8 Å². The molecule has 0 saturated heterocycles. The summed E-state index contributed by atoms with van der Waals surface area (Å²) in [6.45, 7) is 11.7. The minimum atomic E-state index is 0.172. The van der Waals surface area contributed by atoms with Crippen LogP contribution in [0.5, 0.6) is 0 Å². The topological polar surface area (TPSA) is 54.0 Å². The zero-order valence-corrected chi connectivity index (χ0v) is 19.3. The van der Waals surface area contributed by atoms with Crippen molar-refractivity contribution in [3.8, 4) is 0 Å². The van der Waals surface area contributed by atoms with E-state index in [0.29, 0.717) is 5.17 Å². The number of hydrogen-bond acceptors (Lipinski definition) is 4. The summed E-state index contributed by atoms with van der Waals surface area (Å²) in [4.78, 5) is 2.58. The molecule has 0 aromatic heterocycles. The lowest BCUT2D eigenvalue weighted by Crippen LogP contribution is -2.44. The molecule has 2 heterocycles. The quantitative estimate of drug-likeness (QED) is 0.407. The minimum absolute atomic E-state index is 0.172. The number of thioether (sulfide) groups is 1. The molecule has 30 heavy (non-hydrogen) atoms. The fourth-order valence-corrected chi connectivity index (χ4v) is 5.06. The summed E-state index contributed by atoms with van der Waals surface area (Å²) < 4.78 is 0. The van der Waals surface area contributed by atoms with E-state index in [4.69, 9.17) is 5.73 Å². The first-order valence-corrected chi connectivity index (χ1v) is 11.7. The van der Waals surface area contributed by atoms with Crippen molar-refractivity contribution in [2.75, 3.05) is 18.0 Å². The van der Waals surface area contributed by atoms with Crippen LogP contribution in [0.25, 0.3) is 0 Å². The predicted molar refractivity (Wildman–Crippen MR) is 131 cm³/mol. The Morgan fingerprint density at radius 1 is 1.03 bits per heavy atom. The van der Waals surface area contributed by atoms with E-state index in [9.17, 15) is 0 Å². The third kappa shape index (κ3) is 4.27. The van der Waals surface area contributed by atoms with Crippen LogP contribution in [0.2, 0.25) is 0 Å². The monoisotopic (exact) mass is 420 g/mol. The van der Waals surface area contributed by atoms with Gasteiger partial charge in [-0.3, -0.25) is 0 Å². The summed E-state index contributed by atoms with van der Waals surface area (Å²) in [5.74, 6) is 0.799. The second-order valence-electron chi connectivity index (χ2n) is 9.68. The molecule has 2 aliphatic heterocycles. The highest BCUT2D eigenvalue weighted by Crippen LogP contribution is 2.49. The molecule has 0 fully saturated rings. The number of rotatable bonds is 4. The van der Waals surface area contributed by atoms with Crippen LogP contribution in [0, 0.1) is 0 Å². The van der Waals surface area contributed by atoms with E-state index >= 15 is 0 Å². The molecule has 4 rings (SSSR count). The van der Waals surface area contributed by atoms with Gasteiger partial charge in [0.1, 0.15) is 0 Å². The fraction of sp³-hybridized carbons (Fsp3) is 0.440. The number of benzene rings is 2. The first-order chi connectivity index (χ1) is 14.3. The Morgan fingerprint density at radius 3 is 2.23 bits per heavy atom. The molecule has 0 saturated carbocycles. The highest BCUT2D eigenvalue weighted by molar-refractivity contribution is 8.13. The van der Waals surface area contributed by atoms with Gasteiger partial charge in [-0.1, -0.05) is 69.8 Å². The molecule has 2 aliphatic rings. The average Bonchev–Trinajstić information content (AvgIpc) is 2.72. The molecule has 2 N–H and O–H groups in total. The Balaban J connectivity index is 1.58. The van der Waals surface area contributed by atoms with Crippen LogP contribution in [0.3, 0.4) is 0 Å². The summed E-state index contributed by atoms with van der Waals surface area (Å²) in [6.07, 6.45) is 4.22. The van der Waals surface area contributed by atoms with Crippen molar-refractivity contribution in [3.05, 3.63) is 64.7 Å². The van der Waals surface area contributed by atoms with Crippen LogP contribution >= 0.6 is 11.8 Å². The van der Waals surface area contributed by atoms with Crippen LogP contribution in [0.4, 0.5) is 5.69 Å². The van der Waals surface area contributed by atoms with E-state index in [0.717, 1.165) is 24.4 Å². The zero-order valence-electron chi connectivity index (χ0n) is 18.5. The summed E-state index contributed by atoms with van der Waals surface area (Å²) in [5, 5.41) is 9.02. The average molecular weight is 421 g/mol. The van der Waals surface area contributed by atoms with Gasteiger partial charge in [-0.25, -0.2) is 0 Å². The first kappa shape index (κ1) is 21.0. The van der Waals surface area contributed by atoms with E-state index in [1.807, 2.05) is 24.4 Å². The van der Waals surface area contributed by atoms with E-state index in [2.05, 4.69) is 67.1 Å². The Bertz CT molecular complexity index is 935. The van der Waals surface area contributed by atoms with Gasteiger partial charge >= 0.3 is 0 Å². The van der Waals surface area contributed by atoms with Crippen LogP contribution < -0.4 is 10.6 Å². The van der Waals surface area contributed by atoms with Crippen molar-refractivity contribution in [2.24, 2.45) is 15.9 Å². The van der Waals surface area contributed by atoms with Crippen LogP contribution in [0.15, 0.2) is 52.7 Å². The third-order valence-corrected chi connectivity index (χ3v) is 7.37. The smallest absolute Gasteiger partial charge is 0.180 e. The van der Waals surface area contributed by atoms with Crippen molar-refractivity contribution in [2.45, 2.75) is 57.1 Å². The van der Waals surface area contributed by atoms with Crippen LogP contribution in [-0.2, 0) is 16.6 Å². The molecule has 158 valence electrons. The second kappa shape index (κ2) is 8.10. The Hall–Kier alpha value is -2.27. The van der Waals surface area contributed by atoms with E-state index < -0.39 is 0 Å². The number of anilines is 1. The summed E-state index contributed by atoms with van der Waals surface area (Å²) >= 11 is 1.51. The molecule has 0 atom stereocenters. The van der Waals surface area contributed by atoms with E-state index in [-0.39, 0.29) is 10.8 Å². The standard InChI is InChI=1S/C25H32N4S/c1-24(2)10-12-29-13-11-25(3,4)21-15-19(14-20(24)22(21)29)16-27-28-23(26)30-17-18-8-6-5-7-9-18/h5-9,14-16H,10-13,17H2,1-4H3,(H2,26,28). The minimum Gasteiger partial charge on any atom is -0.377 e. The molecule has 0 aliphatic carbocycles. The van der Waals surface area contributed by atoms with Gasteiger partial charge in [-0.15, -0.1) is 5.10 Å². The maximum atomic E-state index is 6.06. The molecule has 2 aromatic carbocycles. The molecule has 0 amide bonds. The summed E-state index contributed by atoms with van der Waals surface area (Å²) in [7, 11) is 0. The summed E-state index contributed by atoms with van der Waals surface area (Å²) in [5.41, 5.74) is 13.1. The maximum absolute atomic E-state index is 6.06. The Morgan fingerprint density at radius 2 is 1.63 bits per heavy atom.